The zero-order valence-corrected chi connectivity index (χ0v) is 12.9. The second kappa shape index (κ2) is 7.04. The van der Waals surface area contributed by atoms with Crippen molar-refractivity contribution in [3.63, 3.8) is 0 Å². The number of amides is 1. The third-order valence-corrected chi connectivity index (χ3v) is 5.91. The first-order chi connectivity index (χ1) is 10.0. The molecule has 1 fully saturated rings. The molecule has 0 bridgehead atoms. The molecule has 1 aromatic rings. The Kier molecular flexibility index (Phi) is 5.36. The zero-order chi connectivity index (χ0) is 15.3. The van der Waals surface area contributed by atoms with Crippen molar-refractivity contribution >= 4 is 21.4 Å². The molecule has 1 aliphatic rings. The molecule has 6 heteroatoms. The number of carbonyl (C=O) groups is 1. The Morgan fingerprint density at radius 3 is 2.86 bits per heavy atom. The van der Waals surface area contributed by atoms with Gasteiger partial charge in [-0.05, 0) is 49.9 Å². The second-order valence-electron chi connectivity index (χ2n) is 5.43. The van der Waals surface area contributed by atoms with Gasteiger partial charge in [0.2, 0.25) is 5.91 Å². The summed E-state index contributed by atoms with van der Waals surface area (Å²) in [6.45, 7) is 0.622. The number of rotatable bonds is 5. The van der Waals surface area contributed by atoms with Crippen LogP contribution in [-0.4, -0.2) is 31.9 Å². The highest BCUT2D eigenvalue weighted by Crippen LogP contribution is 2.21. The van der Waals surface area contributed by atoms with Crippen molar-refractivity contribution in [2.75, 3.05) is 17.6 Å². The third-order valence-electron chi connectivity index (χ3n) is 3.74. The summed E-state index contributed by atoms with van der Waals surface area (Å²) in [5, 5.41) is 1.83. The number of hydrogen-bond donors (Lipinski definition) is 2. The molecule has 0 aliphatic carbocycles. The van der Waals surface area contributed by atoms with Crippen molar-refractivity contribution in [1.82, 2.24) is 0 Å². The summed E-state index contributed by atoms with van der Waals surface area (Å²) in [4.78, 5) is 12.2. The van der Waals surface area contributed by atoms with Crippen molar-refractivity contribution < 1.29 is 13.2 Å². The lowest BCUT2D eigenvalue weighted by atomic mass is 10.1. The van der Waals surface area contributed by atoms with E-state index in [1.54, 1.807) is 6.07 Å². The first-order valence-corrected chi connectivity index (χ1v) is 9.06. The molecule has 2 rings (SSSR count). The molecule has 0 spiro atoms. The molecule has 1 amide bonds. The summed E-state index contributed by atoms with van der Waals surface area (Å²) in [6.07, 6.45) is 3.59. The van der Waals surface area contributed by atoms with E-state index in [4.69, 9.17) is 5.73 Å². The van der Waals surface area contributed by atoms with Gasteiger partial charge in [0.25, 0.3) is 0 Å². The minimum atomic E-state index is -3.30. The number of nitrogens with one attached hydrogen (secondary N) is 1. The smallest absolute Gasteiger partial charge is 0.242 e. The molecular formula is C15H22N2O3S. The van der Waals surface area contributed by atoms with E-state index in [9.17, 15) is 13.2 Å². The van der Waals surface area contributed by atoms with Gasteiger partial charge in [0.1, 0.15) is 5.25 Å². The standard InChI is InChI=1S/C15H22N2O3S/c16-9-4-6-12-5-3-7-13(11-12)17-15(18)14-8-1-2-10-21(14,19)20/h3,5,7,11,14H,1-2,4,6,8-10,16H2,(H,17,18). The van der Waals surface area contributed by atoms with Gasteiger partial charge in [-0.15, -0.1) is 0 Å². The average molecular weight is 310 g/mol. The van der Waals surface area contributed by atoms with Crippen molar-refractivity contribution in [3.05, 3.63) is 29.8 Å². The van der Waals surface area contributed by atoms with E-state index in [1.807, 2.05) is 18.2 Å². The quantitative estimate of drug-likeness (QED) is 0.862. The number of aryl methyl sites for hydroxylation is 1. The van der Waals surface area contributed by atoms with Gasteiger partial charge in [-0.2, -0.15) is 0 Å². The van der Waals surface area contributed by atoms with Crippen LogP contribution in [0.4, 0.5) is 5.69 Å². The highest BCUT2D eigenvalue weighted by atomic mass is 32.2. The predicted molar refractivity (Wildman–Crippen MR) is 83.9 cm³/mol. The fourth-order valence-electron chi connectivity index (χ4n) is 2.58. The van der Waals surface area contributed by atoms with Crippen LogP contribution in [0.1, 0.15) is 31.2 Å². The molecule has 1 aliphatic heterocycles. The van der Waals surface area contributed by atoms with Gasteiger partial charge >= 0.3 is 0 Å². The number of benzene rings is 1. The van der Waals surface area contributed by atoms with Crippen LogP contribution < -0.4 is 11.1 Å². The van der Waals surface area contributed by atoms with E-state index in [0.717, 1.165) is 24.8 Å². The lowest BCUT2D eigenvalue weighted by Crippen LogP contribution is -2.39. The first kappa shape index (κ1) is 16.0. The Balaban J connectivity index is 2.05. The minimum Gasteiger partial charge on any atom is -0.330 e. The van der Waals surface area contributed by atoms with Gasteiger partial charge in [-0.1, -0.05) is 18.6 Å². The van der Waals surface area contributed by atoms with Gasteiger partial charge in [-0.3, -0.25) is 4.79 Å². The summed E-state index contributed by atoms with van der Waals surface area (Å²) in [5.41, 5.74) is 7.22. The van der Waals surface area contributed by atoms with Crippen LogP contribution in [0.25, 0.3) is 0 Å². The van der Waals surface area contributed by atoms with Gasteiger partial charge in [0, 0.05) is 5.69 Å². The zero-order valence-electron chi connectivity index (χ0n) is 12.0. The van der Waals surface area contributed by atoms with Crippen molar-refractivity contribution in [2.24, 2.45) is 5.73 Å². The largest absolute Gasteiger partial charge is 0.330 e. The molecule has 1 unspecified atom stereocenters. The number of nitrogens with two attached hydrogens (primary N) is 1. The van der Waals surface area contributed by atoms with E-state index in [1.165, 1.54) is 0 Å². The normalized spacial score (nSPS) is 20.9. The summed E-state index contributed by atoms with van der Waals surface area (Å²) in [6, 6.07) is 7.49. The number of hydrogen-bond acceptors (Lipinski definition) is 4. The summed E-state index contributed by atoms with van der Waals surface area (Å²) in [7, 11) is -3.30. The maximum atomic E-state index is 12.2. The average Bonchev–Trinajstić information content (AvgIpc) is 2.45. The van der Waals surface area contributed by atoms with Gasteiger partial charge in [0.05, 0.1) is 5.75 Å². The second-order valence-corrected chi connectivity index (χ2v) is 7.74. The molecule has 3 N–H and O–H groups in total. The van der Waals surface area contributed by atoms with Crippen LogP contribution in [0, 0.1) is 0 Å². The topological polar surface area (TPSA) is 89.3 Å². The Hall–Kier alpha value is -1.40. The molecule has 5 nitrogen and oxygen atoms in total. The van der Waals surface area contributed by atoms with E-state index in [-0.39, 0.29) is 5.75 Å². The lowest BCUT2D eigenvalue weighted by molar-refractivity contribution is -0.116. The SMILES string of the molecule is NCCCc1cccc(NC(=O)C2CCCCS2(=O)=O)c1. The third kappa shape index (κ3) is 4.28. The van der Waals surface area contributed by atoms with Crippen LogP contribution in [-0.2, 0) is 21.1 Å². The number of carbonyl (C=O) groups excluding carboxylic acids is 1. The van der Waals surface area contributed by atoms with Crippen LogP contribution >= 0.6 is 0 Å². The number of anilines is 1. The van der Waals surface area contributed by atoms with Gasteiger partial charge < -0.3 is 11.1 Å². The minimum absolute atomic E-state index is 0.113. The van der Waals surface area contributed by atoms with Crippen LogP contribution in [0.5, 0.6) is 0 Å². The summed E-state index contributed by atoms with van der Waals surface area (Å²) >= 11 is 0. The summed E-state index contributed by atoms with van der Waals surface area (Å²) in [5.74, 6) is -0.299. The predicted octanol–water partition coefficient (Wildman–Crippen LogP) is 1.48. The monoisotopic (exact) mass is 310 g/mol. The van der Waals surface area contributed by atoms with Crippen molar-refractivity contribution in [3.8, 4) is 0 Å². The lowest BCUT2D eigenvalue weighted by Gasteiger charge is -2.21. The maximum Gasteiger partial charge on any atom is 0.242 e. The molecule has 1 saturated heterocycles. The molecule has 1 atom stereocenters. The Bertz CT molecular complexity index is 599. The molecule has 0 saturated carbocycles. The van der Waals surface area contributed by atoms with Gasteiger partial charge in [-0.25, -0.2) is 8.42 Å². The Morgan fingerprint density at radius 1 is 1.33 bits per heavy atom. The van der Waals surface area contributed by atoms with E-state index < -0.39 is 21.0 Å². The molecule has 1 aromatic carbocycles. The first-order valence-electron chi connectivity index (χ1n) is 7.34. The molecule has 21 heavy (non-hydrogen) atoms. The molecule has 0 radical (unpaired) electrons. The van der Waals surface area contributed by atoms with E-state index >= 15 is 0 Å². The Morgan fingerprint density at radius 2 is 2.14 bits per heavy atom. The number of sulfone groups is 1. The maximum absolute atomic E-state index is 12.2. The van der Waals surface area contributed by atoms with Crippen LogP contribution in [0.3, 0.4) is 0 Å². The van der Waals surface area contributed by atoms with Crippen LogP contribution in [0.2, 0.25) is 0 Å². The van der Waals surface area contributed by atoms with Crippen molar-refractivity contribution in [2.45, 2.75) is 37.4 Å². The molecular weight excluding hydrogens is 288 g/mol. The highest BCUT2D eigenvalue weighted by Gasteiger charge is 2.34. The van der Waals surface area contributed by atoms with E-state index in [0.29, 0.717) is 25.1 Å². The molecule has 1 heterocycles. The molecule has 0 aromatic heterocycles. The summed E-state index contributed by atoms with van der Waals surface area (Å²) < 4.78 is 23.9. The Labute approximate surface area is 125 Å². The fraction of sp³-hybridized carbons (Fsp3) is 0.533. The van der Waals surface area contributed by atoms with Gasteiger partial charge in [0.15, 0.2) is 9.84 Å². The fourth-order valence-corrected chi connectivity index (χ4v) is 4.38. The van der Waals surface area contributed by atoms with E-state index in [2.05, 4.69) is 5.32 Å². The molecule has 116 valence electrons. The van der Waals surface area contributed by atoms with Crippen molar-refractivity contribution in [1.29, 1.82) is 0 Å². The highest BCUT2D eigenvalue weighted by molar-refractivity contribution is 7.92. The van der Waals surface area contributed by atoms with Crippen LogP contribution in [0.15, 0.2) is 24.3 Å².